The van der Waals surface area contributed by atoms with Crippen molar-refractivity contribution in [3.63, 3.8) is 0 Å². The van der Waals surface area contributed by atoms with E-state index in [0.717, 1.165) is 5.56 Å². The third-order valence-electron chi connectivity index (χ3n) is 2.40. The zero-order valence-corrected chi connectivity index (χ0v) is 7.83. The molecule has 1 saturated carbocycles. The zero-order chi connectivity index (χ0) is 9.26. The van der Waals surface area contributed by atoms with Crippen LogP contribution in [0.1, 0.15) is 31.4 Å². The molecule has 1 aromatic rings. The molecule has 3 heteroatoms. The smallest absolute Gasteiger partial charge is 0.128 e. The Balaban J connectivity index is 2.09. The molecule has 1 aliphatic rings. The van der Waals surface area contributed by atoms with Crippen LogP contribution in [0.4, 0.5) is 5.82 Å². The molecule has 70 valence electrons. The predicted octanol–water partition coefficient (Wildman–Crippen LogP) is 1.48. The Morgan fingerprint density at radius 3 is 3.00 bits per heavy atom. The summed E-state index contributed by atoms with van der Waals surface area (Å²) in [6.07, 6.45) is 4.32. The second-order valence-corrected chi connectivity index (χ2v) is 3.64. The Hall–Kier alpha value is -1.09. The fraction of sp³-hybridized carbons (Fsp3) is 0.500. The van der Waals surface area contributed by atoms with Gasteiger partial charge in [-0.05, 0) is 25.8 Å². The molecule has 1 aliphatic carbocycles. The van der Waals surface area contributed by atoms with Crippen molar-refractivity contribution in [3.8, 4) is 0 Å². The lowest BCUT2D eigenvalue weighted by Crippen LogP contribution is -2.21. The van der Waals surface area contributed by atoms with E-state index in [-0.39, 0.29) is 0 Å². The third-order valence-corrected chi connectivity index (χ3v) is 2.40. The Kier molecular flexibility index (Phi) is 2.19. The monoisotopic (exact) mass is 177 g/mol. The fourth-order valence-corrected chi connectivity index (χ4v) is 1.49. The zero-order valence-electron chi connectivity index (χ0n) is 7.83. The van der Waals surface area contributed by atoms with Gasteiger partial charge in [0.25, 0.3) is 0 Å². The van der Waals surface area contributed by atoms with Gasteiger partial charge in [-0.15, -0.1) is 0 Å². The van der Waals surface area contributed by atoms with E-state index in [2.05, 4.69) is 17.2 Å². The average Bonchev–Trinajstić information content (AvgIpc) is 2.89. The normalized spacial score (nSPS) is 18.5. The summed E-state index contributed by atoms with van der Waals surface area (Å²) in [7, 11) is 0. The first-order valence-electron chi connectivity index (χ1n) is 4.74. The van der Waals surface area contributed by atoms with Crippen molar-refractivity contribution in [1.29, 1.82) is 0 Å². The van der Waals surface area contributed by atoms with Gasteiger partial charge in [0.1, 0.15) is 5.82 Å². The number of pyridine rings is 1. The van der Waals surface area contributed by atoms with Crippen molar-refractivity contribution in [2.45, 2.75) is 31.8 Å². The standard InChI is InChI=1S/C10H15N3/c1-7(13-8-4-5-8)9-3-2-6-12-10(9)11/h2-3,6-8,13H,4-5H2,1H3,(H2,11,12). The molecule has 13 heavy (non-hydrogen) atoms. The lowest BCUT2D eigenvalue weighted by molar-refractivity contribution is 0.571. The van der Waals surface area contributed by atoms with E-state index in [1.165, 1.54) is 12.8 Å². The molecule has 0 amide bonds. The van der Waals surface area contributed by atoms with Crippen molar-refractivity contribution >= 4 is 5.82 Å². The molecule has 0 bridgehead atoms. The molecule has 0 spiro atoms. The number of nitrogens with zero attached hydrogens (tertiary/aromatic N) is 1. The molecule has 1 unspecified atom stereocenters. The lowest BCUT2D eigenvalue weighted by atomic mass is 10.1. The van der Waals surface area contributed by atoms with Gasteiger partial charge in [0.15, 0.2) is 0 Å². The second-order valence-electron chi connectivity index (χ2n) is 3.64. The Morgan fingerprint density at radius 1 is 1.62 bits per heavy atom. The first-order valence-corrected chi connectivity index (χ1v) is 4.74. The molecule has 1 heterocycles. The minimum atomic E-state index is 0.321. The van der Waals surface area contributed by atoms with Crippen LogP contribution in [0.15, 0.2) is 18.3 Å². The lowest BCUT2D eigenvalue weighted by Gasteiger charge is -2.14. The molecule has 1 aromatic heterocycles. The maximum absolute atomic E-state index is 5.77. The molecule has 0 aromatic carbocycles. The number of anilines is 1. The maximum Gasteiger partial charge on any atom is 0.128 e. The molecule has 0 saturated heterocycles. The highest BCUT2D eigenvalue weighted by Gasteiger charge is 2.23. The van der Waals surface area contributed by atoms with E-state index in [0.29, 0.717) is 17.9 Å². The summed E-state index contributed by atoms with van der Waals surface area (Å²) in [5, 5.41) is 3.49. The third kappa shape index (κ3) is 1.98. The molecule has 2 rings (SSSR count). The summed E-state index contributed by atoms with van der Waals surface area (Å²) in [5.41, 5.74) is 6.87. The molecule has 0 radical (unpaired) electrons. The van der Waals surface area contributed by atoms with Crippen molar-refractivity contribution in [3.05, 3.63) is 23.9 Å². The first-order chi connectivity index (χ1) is 6.27. The topological polar surface area (TPSA) is 50.9 Å². The minimum absolute atomic E-state index is 0.321. The highest BCUT2D eigenvalue weighted by atomic mass is 15.0. The highest BCUT2D eigenvalue weighted by molar-refractivity contribution is 5.40. The quantitative estimate of drug-likeness (QED) is 0.735. The number of nitrogens with two attached hydrogens (primary N) is 1. The fourth-order valence-electron chi connectivity index (χ4n) is 1.49. The van der Waals surface area contributed by atoms with Crippen LogP contribution < -0.4 is 11.1 Å². The second kappa shape index (κ2) is 3.34. The summed E-state index contributed by atoms with van der Waals surface area (Å²) >= 11 is 0. The number of hydrogen-bond acceptors (Lipinski definition) is 3. The summed E-state index contributed by atoms with van der Waals surface area (Å²) in [5.74, 6) is 0.642. The van der Waals surface area contributed by atoms with Crippen LogP contribution in [-0.2, 0) is 0 Å². The van der Waals surface area contributed by atoms with Gasteiger partial charge in [-0.3, -0.25) is 0 Å². The number of nitrogen functional groups attached to an aromatic ring is 1. The van der Waals surface area contributed by atoms with Crippen LogP contribution in [0.5, 0.6) is 0 Å². The Labute approximate surface area is 78.4 Å². The van der Waals surface area contributed by atoms with Crippen LogP contribution in [0.2, 0.25) is 0 Å². The van der Waals surface area contributed by atoms with E-state index in [9.17, 15) is 0 Å². The largest absolute Gasteiger partial charge is 0.383 e. The van der Waals surface area contributed by atoms with Gasteiger partial charge in [0.2, 0.25) is 0 Å². The number of nitrogens with one attached hydrogen (secondary N) is 1. The summed E-state index contributed by atoms with van der Waals surface area (Å²) < 4.78 is 0. The van der Waals surface area contributed by atoms with Crippen molar-refractivity contribution in [2.24, 2.45) is 0 Å². The van der Waals surface area contributed by atoms with E-state index in [4.69, 9.17) is 5.73 Å². The van der Waals surface area contributed by atoms with E-state index in [1.807, 2.05) is 12.1 Å². The SMILES string of the molecule is CC(NC1CC1)c1cccnc1N. The molecule has 3 nitrogen and oxygen atoms in total. The van der Waals surface area contributed by atoms with Gasteiger partial charge in [0.05, 0.1) is 0 Å². The van der Waals surface area contributed by atoms with Gasteiger partial charge >= 0.3 is 0 Å². The van der Waals surface area contributed by atoms with Crippen LogP contribution in [0.25, 0.3) is 0 Å². The van der Waals surface area contributed by atoms with Crippen molar-refractivity contribution < 1.29 is 0 Å². The van der Waals surface area contributed by atoms with Crippen LogP contribution in [-0.4, -0.2) is 11.0 Å². The van der Waals surface area contributed by atoms with Crippen LogP contribution in [0, 0.1) is 0 Å². The first kappa shape index (κ1) is 8.51. The Bertz CT molecular complexity index is 294. The van der Waals surface area contributed by atoms with Gasteiger partial charge in [-0.2, -0.15) is 0 Å². The predicted molar refractivity (Wildman–Crippen MR) is 53.2 cm³/mol. The minimum Gasteiger partial charge on any atom is -0.383 e. The summed E-state index contributed by atoms with van der Waals surface area (Å²) in [4.78, 5) is 4.07. The average molecular weight is 177 g/mol. The van der Waals surface area contributed by atoms with Gasteiger partial charge < -0.3 is 11.1 Å². The highest BCUT2D eigenvalue weighted by Crippen LogP contribution is 2.25. The molecule has 3 N–H and O–H groups in total. The summed E-state index contributed by atoms with van der Waals surface area (Å²) in [6.45, 7) is 2.13. The van der Waals surface area contributed by atoms with Gasteiger partial charge in [-0.1, -0.05) is 6.07 Å². The van der Waals surface area contributed by atoms with Gasteiger partial charge in [0, 0.05) is 23.8 Å². The van der Waals surface area contributed by atoms with Crippen LogP contribution in [0.3, 0.4) is 0 Å². The van der Waals surface area contributed by atoms with Crippen molar-refractivity contribution in [1.82, 2.24) is 10.3 Å². The van der Waals surface area contributed by atoms with E-state index >= 15 is 0 Å². The molecular formula is C10H15N3. The summed E-state index contributed by atoms with van der Waals surface area (Å²) in [6, 6.07) is 4.98. The Morgan fingerprint density at radius 2 is 2.38 bits per heavy atom. The van der Waals surface area contributed by atoms with Crippen LogP contribution >= 0.6 is 0 Å². The molecular weight excluding hydrogens is 162 g/mol. The molecule has 0 aliphatic heterocycles. The maximum atomic E-state index is 5.77. The van der Waals surface area contributed by atoms with E-state index < -0.39 is 0 Å². The number of aromatic nitrogens is 1. The van der Waals surface area contributed by atoms with Crippen molar-refractivity contribution in [2.75, 3.05) is 5.73 Å². The number of rotatable bonds is 3. The number of hydrogen-bond donors (Lipinski definition) is 2. The molecule has 1 fully saturated rings. The van der Waals surface area contributed by atoms with E-state index in [1.54, 1.807) is 6.20 Å². The van der Waals surface area contributed by atoms with Gasteiger partial charge in [-0.25, -0.2) is 4.98 Å². The molecule has 1 atom stereocenters.